The van der Waals surface area contributed by atoms with Gasteiger partial charge in [-0.15, -0.1) is 29.7 Å². The van der Waals surface area contributed by atoms with Gasteiger partial charge in [0, 0.05) is 21.9 Å². The predicted molar refractivity (Wildman–Crippen MR) is 120 cm³/mol. The summed E-state index contributed by atoms with van der Waals surface area (Å²) in [6, 6.07) is 13.5. The first kappa shape index (κ1) is 20.8. The molecule has 29 heavy (non-hydrogen) atoms. The lowest BCUT2D eigenvalue weighted by Gasteiger charge is -2.29. The van der Waals surface area contributed by atoms with Crippen LogP contribution in [-0.2, 0) is 4.79 Å². The fraction of sp³-hybridized carbons (Fsp3) is 0.182. The van der Waals surface area contributed by atoms with Gasteiger partial charge in [0.25, 0.3) is 5.91 Å². The smallest absolute Gasteiger partial charge is 0.254 e. The van der Waals surface area contributed by atoms with Crippen molar-refractivity contribution in [3.05, 3.63) is 81.2 Å². The Hall–Kier alpha value is -2.95. The maximum absolute atomic E-state index is 13.3. The van der Waals surface area contributed by atoms with Gasteiger partial charge in [0.1, 0.15) is 5.75 Å². The molecule has 0 fully saturated rings. The van der Waals surface area contributed by atoms with Gasteiger partial charge >= 0.3 is 0 Å². The van der Waals surface area contributed by atoms with Crippen LogP contribution in [0.3, 0.4) is 0 Å². The lowest BCUT2D eigenvalue weighted by molar-refractivity contribution is -0.113. The van der Waals surface area contributed by atoms with E-state index in [1.165, 1.54) is 23.1 Å². The van der Waals surface area contributed by atoms with Crippen molar-refractivity contribution in [3.8, 4) is 11.8 Å². The van der Waals surface area contributed by atoms with Crippen LogP contribution in [0.1, 0.15) is 17.7 Å². The molecular formula is C22H21N3O2S2. The standard InChI is InChI=1S/C22H21N3O2S2/c1-4-11-29-22-15(13-23)20(18-10-7-12-28-18)19(14(2)24-22)21(26)25-16-8-5-6-9-17(16)27-3/h4-10,12,20,24H,1,11H2,2-3H3,(H,25,26)/t20-/m1/s1. The molecule has 1 aliphatic heterocycles. The van der Waals surface area contributed by atoms with Crippen molar-refractivity contribution < 1.29 is 9.53 Å². The number of benzene rings is 1. The highest BCUT2D eigenvalue weighted by Crippen LogP contribution is 2.42. The van der Waals surface area contributed by atoms with Crippen molar-refractivity contribution in [1.29, 1.82) is 5.26 Å². The fourth-order valence-corrected chi connectivity index (χ4v) is 4.82. The van der Waals surface area contributed by atoms with E-state index < -0.39 is 5.92 Å². The van der Waals surface area contributed by atoms with E-state index in [1.807, 2.05) is 36.6 Å². The van der Waals surface area contributed by atoms with Crippen LogP contribution < -0.4 is 15.4 Å². The number of allylic oxidation sites excluding steroid dienone is 2. The highest BCUT2D eigenvalue weighted by Gasteiger charge is 2.35. The van der Waals surface area contributed by atoms with Crippen molar-refractivity contribution in [2.75, 3.05) is 18.2 Å². The summed E-state index contributed by atoms with van der Waals surface area (Å²) in [7, 11) is 1.56. The topological polar surface area (TPSA) is 74.2 Å². The molecule has 0 saturated heterocycles. The average Bonchev–Trinajstić information content (AvgIpc) is 3.26. The number of dihydropyridines is 1. The highest BCUT2D eigenvalue weighted by molar-refractivity contribution is 8.03. The minimum atomic E-state index is -0.428. The molecule has 0 unspecified atom stereocenters. The molecule has 2 aromatic rings. The predicted octanol–water partition coefficient (Wildman–Crippen LogP) is 5.01. The van der Waals surface area contributed by atoms with Crippen molar-refractivity contribution in [3.63, 3.8) is 0 Å². The molecule has 0 aliphatic carbocycles. The maximum Gasteiger partial charge on any atom is 0.254 e. The van der Waals surface area contributed by atoms with E-state index >= 15 is 0 Å². The number of nitriles is 1. The minimum Gasteiger partial charge on any atom is -0.495 e. The van der Waals surface area contributed by atoms with Crippen molar-refractivity contribution in [2.45, 2.75) is 12.8 Å². The minimum absolute atomic E-state index is 0.265. The van der Waals surface area contributed by atoms with Gasteiger partial charge < -0.3 is 15.4 Å². The number of thioether (sulfide) groups is 1. The van der Waals surface area contributed by atoms with E-state index in [0.29, 0.717) is 28.3 Å². The molecule has 1 amide bonds. The SMILES string of the molecule is C=CCSC1=C(C#N)[C@H](c2cccs2)C(C(=O)Nc2ccccc2OC)=C(C)N1. The second kappa shape index (κ2) is 9.50. The molecule has 5 nitrogen and oxygen atoms in total. The zero-order valence-electron chi connectivity index (χ0n) is 16.2. The average molecular weight is 424 g/mol. The molecule has 0 radical (unpaired) electrons. The molecule has 7 heteroatoms. The monoisotopic (exact) mass is 423 g/mol. The number of nitrogens with one attached hydrogen (secondary N) is 2. The second-order valence-electron chi connectivity index (χ2n) is 6.22. The van der Waals surface area contributed by atoms with E-state index in [2.05, 4.69) is 23.3 Å². The van der Waals surface area contributed by atoms with Crippen molar-refractivity contribution in [1.82, 2.24) is 5.32 Å². The Morgan fingerprint density at radius 1 is 1.41 bits per heavy atom. The molecule has 3 rings (SSSR count). The number of rotatable bonds is 7. The van der Waals surface area contributed by atoms with Crippen molar-refractivity contribution in [2.24, 2.45) is 0 Å². The molecule has 2 N–H and O–H groups in total. The normalized spacial score (nSPS) is 16.1. The summed E-state index contributed by atoms with van der Waals surface area (Å²) in [5.74, 6) is 0.552. The molecule has 1 aliphatic rings. The van der Waals surface area contributed by atoms with Crippen LogP contribution in [-0.4, -0.2) is 18.8 Å². The molecule has 1 aromatic carbocycles. The number of amides is 1. The number of methoxy groups -OCH3 is 1. The first-order valence-corrected chi connectivity index (χ1v) is 10.8. The fourth-order valence-electron chi connectivity index (χ4n) is 3.15. The van der Waals surface area contributed by atoms with Crippen LogP contribution in [0.5, 0.6) is 5.75 Å². The number of para-hydroxylation sites is 2. The number of ether oxygens (including phenoxy) is 1. The first-order valence-electron chi connectivity index (χ1n) is 8.94. The van der Waals surface area contributed by atoms with Gasteiger partial charge in [-0.3, -0.25) is 4.79 Å². The van der Waals surface area contributed by atoms with Crippen LogP contribution in [0.4, 0.5) is 5.69 Å². The quantitative estimate of drug-likeness (QED) is 0.612. The summed E-state index contributed by atoms with van der Waals surface area (Å²) in [4.78, 5) is 14.3. The Morgan fingerprint density at radius 3 is 2.86 bits per heavy atom. The maximum atomic E-state index is 13.3. The van der Waals surface area contributed by atoms with Crippen LogP contribution >= 0.6 is 23.1 Å². The van der Waals surface area contributed by atoms with Crippen LogP contribution in [0.15, 0.2) is 76.3 Å². The van der Waals surface area contributed by atoms with Gasteiger partial charge in [-0.1, -0.05) is 24.3 Å². The molecule has 2 heterocycles. The molecular weight excluding hydrogens is 402 g/mol. The molecule has 0 bridgehead atoms. The van der Waals surface area contributed by atoms with Crippen molar-refractivity contribution >= 4 is 34.7 Å². The number of hydrogen-bond acceptors (Lipinski definition) is 6. The van der Waals surface area contributed by atoms with Gasteiger partial charge in [0.15, 0.2) is 0 Å². The van der Waals surface area contributed by atoms with Gasteiger partial charge in [-0.2, -0.15) is 5.26 Å². The van der Waals surface area contributed by atoms with E-state index in [-0.39, 0.29) is 5.91 Å². The summed E-state index contributed by atoms with van der Waals surface area (Å²) >= 11 is 3.04. The van der Waals surface area contributed by atoms with Crippen LogP contribution in [0, 0.1) is 11.3 Å². The second-order valence-corrected chi connectivity index (χ2v) is 8.23. The Balaban J connectivity index is 2.03. The summed E-state index contributed by atoms with van der Waals surface area (Å²) in [6.07, 6.45) is 1.79. The lowest BCUT2D eigenvalue weighted by atomic mass is 9.86. The number of thiophene rings is 1. The highest BCUT2D eigenvalue weighted by atomic mass is 32.2. The Labute approximate surface area is 178 Å². The third kappa shape index (κ3) is 4.39. The number of carbonyl (C=O) groups is 1. The number of hydrogen-bond donors (Lipinski definition) is 2. The summed E-state index contributed by atoms with van der Waals surface area (Å²) < 4.78 is 5.34. The number of nitrogens with zero attached hydrogens (tertiary/aromatic N) is 1. The Morgan fingerprint density at radius 2 is 2.21 bits per heavy atom. The van der Waals surface area contributed by atoms with Gasteiger partial charge in [0.05, 0.1) is 35.4 Å². The van der Waals surface area contributed by atoms with E-state index in [0.717, 1.165) is 15.6 Å². The summed E-state index contributed by atoms with van der Waals surface area (Å²) in [5.41, 5.74) is 2.37. The number of anilines is 1. The van der Waals surface area contributed by atoms with Gasteiger partial charge in [-0.25, -0.2) is 0 Å². The van der Waals surface area contributed by atoms with Gasteiger partial charge in [-0.05, 0) is 30.5 Å². The first-order chi connectivity index (χ1) is 14.1. The van der Waals surface area contributed by atoms with E-state index in [1.54, 1.807) is 25.3 Å². The Bertz CT molecular complexity index is 1020. The van der Waals surface area contributed by atoms with Crippen LogP contribution in [0.25, 0.3) is 0 Å². The molecule has 0 spiro atoms. The zero-order chi connectivity index (χ0) is 20.8. The summed E-state index contributed by atoms with van der Waals surface area (Å²) in [6.45, 7) is 5.61. The van der Waals surface area contributed by atoms with E-state index in [4.69, 9.17) is 4.74 Å². The lowest BCUT2D eigenvalue weighted by Crippen LogP contribution is -2.30. The molecule has 148 valence electrons. The number of carbonyl (C=O) groups excluding carboxylic acids is 1. The molecule has 0 saturated carbocycles. The van der Waals surface area contributed by atoms with E-state index in [9.17, 15) is 10.1 Å². The zero-order valence-corrected chi connectivity index (χ0v) is 17.8. The molecule has 1 atom stereocenters. The molecule has 1 aromatic heterocycles. The van der Waals surface area contributed by atoms with Gasteiger partial charge in [0.2, 0.25) is 0 Å². The summed E-state index contributed by atoms with van der Waals surface area (Å²) in [5, 5.41) is 18.8. The largest absolute Gasteiger partial charge is 0.495 e. The Kier molecular flexibility index (Phi) is 6.81. The third-order valence-corrected chi connectivity index (χ3v) is 6.37. The van der Waals surface area contributed by atoms with Crippen LogP contribution in [0.2, 0.25) is 0 Å². The third-order valence-electron chi connectivity index (χ3n) is 4.42.